The van der Waals surface area contributed by atoms with Crippen LogP contribution in [0.25, 0.3) is 10.6 Å². The van der Waals surface area contributed by atoms with E-state index >= 15 is 0 Å². The van der Waals surface area contributed by atoms with E-state index in [9.17, 15) is 0 Å². The lowest BCUT2D eigenvalue weighted by Crippen LogP contribution is -2.11. The molecule has 1 aromatic heterocycles. The smallest absolute Gasteiger partial charge is 0.148 e. The van der Waals surface area contributed by atoms with Gasteiger partial charge in [-0.05, 0) is 25.1 Å². The summed E-state index contributed by atoms with van der Waals surface area (Å²) in [5.41, 5.74) is 2.36. The van der Waals surface area contributed by atoms with Gasteiger partial charge in [0.15, 0.2) is 0 Å². The minimum atomic E-state index is 0.793. The molecule has 0 aliphatic rings. The number of aromatic nitrogens is 2. The number of benzene rings is 1. The third-order valence-electron chi connectivity index (χ3n) is 2.49. The molecule has 5 heteroatoms. The van der Waals surface area contributed by atoms with Crippen molar-refractivity contribution in [3.05, 3.63) is 33.2 Å². The van der Waals surface area contributed by atoms with Crippen molar-refractivity contribution < 1.29 is 0 Å². The van der Waals surface area contributed by atoms with Crippen molar-refractivity contribution in [3.63, 3.8) is 0 Å². The van der Waals surface area contributed by atoms with Gasteiger partial charge in [0.2, 0.25) is 0 Å². The number of hydrogen-bond donors (Lipinski definition) is 1. The van der Waals surface area contributed by atoms with Gasteiger partial charge >= 0.3 is 0 Å². The molecule has 0 unspecified atom stereocenters. The summed E-state index contributed by atoms with van der Waals surface area (Å²) >= 11 is 5.18. The Labute approximate surface area is 113 Å². The fraction of sp³-hybridized carbons (Fsp3) is 0.333. The third-order valence-corrected chi connectivity index (χ3v) is 4.31. The maximum absolute atomic E-state index is 4.25. The highest BCUT2D eigenvalue weighted by Gasteiger charge is 2.10. The molecule has 90 valence electrons. The van der Waals surface area contributed by atoms with Crippen LogP contribution in [-0.2, 0) is 6.54 Å². The van der Waals surface area contributed by atoms with Crippen molar-refractivity contribution in [1.29, 1.82) is 0 Å². The van der Waals surface area contributed by atoms with Gasteiger partial charge in [0.05, 0.1) is 0 Å². The van der Waals surface area contributed by atoms with Gasteiger partial charge in [-0.25, -0.2) is 0 Å². The largest absolute Gasteiger partial charge is 0.311 e. The van der Waals surface area contributed by atoms with Crippen LogP contribution in [0, 0.1) is 6.92 Å². The molecule has 3 nitrogen and oxygen atoms in total. The van der Waals surface area contributed by atoms with Crippen molar-refractivity contribution in [1.82, 2.24) is 15.5 Å². The molecule has 1 aromatic carbocycles. The molecule has 0 spiro atoms. The second kappa shape index (κ2) is 5.71. The Balaban J connectivity index is 2.27. The molecule has 17 heavy (non-hydrogen) atoms. The van der Waals surface area contributed by atoms with Gasteiger partial charge in [0.25, 0.3) is 0 Å². The number of hydrogen-bond acceptors (Lipinski definition) is 4. The summed E-state index contributed by atoms with van der Waals surface area (Å²) in [4.78, 5) is 0. The van der Waals surface area contributed by atoms with Crippen LogP contribution in [0.3, 0.4) is 0 Å². The van der Waals surface area contributed by atoms with Crippen molar-refractivity contribution in [2.45, 2.75) is 20.4 Å². The van der Waals surface area contributed by atoms with Crippen molar-refractivity contribution in [2.24, 2.45) is 0 Å². The van der Waals surface area contributed by atoms with Crippen molar-refractivity contribution >= 4 is 27.3 Å². The molecule has 0 atom stereocenters. The lowest BCUT2D eigenvalue weighted by Gasteiger charge is -2.02. The zero-order valence-corrected chi connectivity index (χ0v) is 12.2. The van der Waals surface area contributed by atoms with E-state index in [0.717, 1.165) is 33.1 Å². The van der Waals surface area contributed by atoms with E-state index in [-0.39, 0.29) is 0 Å². The Morgan fingerprint density at radius 3 is 2.94 bits per heavy atom. The Morgan fingerprint density at radius 1 is 1.35 bits per heavy atom. The normalized spacial score (nSPS) is 10.8. The average molecular weight is 312 g/mol. The second-order valence-electron chi connectivity index (χ2n) is 3.69. The standard InChI is InChI=1S/C12H14BrN3S/c1-3-14-7-11-15-16-12(17-11)9-5-4-6-10(13)8(9)2/h4-6,14H,3,7H2,1-2H3. The van der Waals surface area contributed by atoms with Gasteiger partial charge in [-0.2, -0.15) is 0 Å². The number of rotatable bonds is 4. The van der Waals surface area contributed by atoms with E-state index in [0.29, 0.717) is 0 Å². The summed E-state index contributed by atoms with van der Waals surface area (Å²) in [5.74, 6) is 0. The summed E-state index contributed by atoms with van der Waals surface area (Å²) in [6, 6.07) is 6.15. The first-order valence-electron chi connectivity index (χ1n) is 5.51. The van der Waals surface area contributed by atoms with Gasteiger partial charge in [0, 0.05) is 16.6 Å². The lowest BCUT2D eigenvalue weighted by atomic mass is 10.1. The van der Waals surface area contributed by atoms with Crippen LogP contribution in [-0.4, -0.2) is 16.7 Å². The molecule has 2 aromatic rings. The SMILES string of the molecule is CCNCc1nnc(-c2cccc(Br)c2C)s1. The minimum Gasteiger partial charge on any atom is -0.311 e. The molecular weight excluding hydrogens is 298 g/mol. The maximum Gasteiger partial charge on any atom is 0.148 e. The Morgan fingerprint density at radius 2 is 2.18 bits per heavy atom. The zero-order chi connectivity index (χ0) is 12.3. The molecule has 0 saturated heterocycles. The molecule has 2 rings (SSSR count). The zero-order valence-electron chi connectivity index (χ0n) is 9.83. The predicted octanol–water partition coefficient (Wildman–Crippen LogP) is 3.39. The first kappa shape index (κ1) is 12.7. The summed E-state index contributed by atoms with van der Waals surface area (Å²) in [7, 11) is 0. The van der Waals surface area contributed by atoms with Crippen LogP contribution in [0.2, 0.25) is 0 Å². The highest BCUT2D eigenvalue weighted by Crippen LogP contribution is 2.30. The number of nitrogens with one attached hydrogen (secondary N) is 1. The van der Waals surface area contributed by atoms with E-state index in [1.54, 1.807) is 11.3 Å². The third kappa shape index (κ3) is 2.91. The van der Waals surface area contributed by atoms with Crippen molar-refractivity contribution in [3.8, 4) is 10.6 Å². The predicted molar refractivity (Wildman–Crippen MR) is 75.2 cm³/mol. The molecule has 0 bridgehead atoms. The topological polar surface area (TPSA) is 37.8 Å². The summed E-state index contributed by atoms with van der Waals surface area (Å²) < 4.78 is 1.11. The minimum absolute atomic E-state index is 0.793. The molecule has 0 aliphatic heterocycles. The first-order chi connectivity index (χ1) is 8.22. The number of halogens is 1. The first-order valence-corrected chi connectivity index (χ1v) is 7.12. The molecule has 0 radical (unpaired) electrons. The lowest BCUT2D eigenvalue weighted by molar-refractivity contribution is 0.715. The van der Waals surface area contributed by atoms with Gasteiger partial charge in [-0.1, -0.05) is 46.3 Å². The fourth-order valence-electron chi connectivity index (χ4n) is 1.50. The van der Waals surface area contributed by atoms with E-state index in [4.69, 9.17) is 0 Å². The van der Waals surface area contributed by atoms with E-state index in [1.807, 2.05) is 12.1 Å². The molecule has 1 N–H and O–H groups in total. The van der Waals surface area contributed by atoms with Crippen LogP contribution >= 0.6 is 27.3 Å². The van der Waals surface area contributed by atoms with Gasteiger partial charge in [-0.3, -0.25) is 0 Å². The van der Waals surface area contributed by atoms with Crippen LogP contribution in [0.4, 0.5) is 0 Å². The van der Waals surface area contributed by atoms with E-state index < -0.39 is 0 Å². The Hall–Kier alpha value is -0.780. The van der Waals surface area contributed by atoms with E-state index in [2.05, 4.69) is 51.4 Å². The summed E-state index contributed by atoms with van der Waals surface area (Å²) in [5, 5.41) is 13.7. The molecule has 0 fully saturated rings. The molecule has 0 amide bonds. The monoisotopic (exact) mass is 311 g/mol. The molecular formula is C12H14BrN3S. The van der Waals surface area contributed by atoms with E-state index in [1.165, 1.54) is 5.56 Å². The highest BCUT2D eigenvalue weighted by atomic mass is 79.9. The van der Waals surface area contributed by atoms with Gasteiger partial charge < -0.3 is 5.32 Å². The van der Waals surface area contributed by atoms with Crippen LogP contribution < -0.4 is 5.32 Å². The summed E-state index contributed by atoms with van der Waals surface area (Å²) in [6.07, 6.45) is 0. The Kier molecular flexibility index (Phi) is 4.25. The summed E-state index contributed by atoms with van der Waals surface area (Å²) in [6.45, 7) is 5.91. The highest BCUT2D eigenvalue weighted by molar-refractivity contribution is 9.10. The quantitative estimate of drug-likeness (QED) is 0.940. The maximum atomic E-state index is 4.25. The Bertz CT molecular complexity index is 510. The van der Waals surface area contributed by atoms with Crippen LogP contribution in [0.15, 0.2) is 22.7 Å². The van der Waals surface area contributed by atoms with Gasteiger partial charge in [0.1, 0.15) is 10.0 Å². The molecule has 1 heterocycles. The van der Waals surface area contributed by atoms with Crippen LogP contribution in [0.1, 0.15) is 17.5 Å². The van der Waals surface area contributed by atoms with Crippen LogP contribution in [0.5, 0.6) is 0 Å². The van der Waals surface area contributed by atoms with Crippen molar-refractivity contribution in [2.75, 3.05) is 6.54 Å². The number of nitrogens with zero attached hydrogens (tertiary/aromatic N) is 2. The van der Waals surface area contributed by atoms with Gasteiger partial charge in [-0.15, -0.1) is 10.2 Å². The second-order valence-corrected chi connectivity index (χ2v) is 5.61. The average Bonchev–Trinajstić information content (AvgIpc) is 2.78. The molecule has 0 saturated carbocycles. The fourth-order valence-corrected chi connectivity index (χ4v) is 2.76. The molecule has 0 aliphatic carbocycles.